The van der Waals surface area contributed by atoms with Crippen LogP contribution in [0.2, 0.25) is 0 Å². The number of nitrogens with one attached hydrogen (secondary N) is 1. The number of amidine groups is 1. The van der Waals surface area contributed by atoms with Gasteiger partial charge in [0.25, 0.3) is 0 Å². The van der Waals surface area contributed by atoms with E-state index in [1.807, 2.05) is 13.0 Å². The number of aliphatic imine (C=N–C) groups is 1. The van der Waals surface area contributed by atoms with E-state index in [-0.39, 0.29) is 0 Å². The molecule has 0 aromatic rings. The maximum absolute atomic E-state index is 7.29. The van der Waals surface area contributed by atoms with Gasteiger partial charge in [0, 0.05) is 19.3 Å². The molecule has 14 heavy (non-hydrogen) atoms. The van der Waals surface area contributed by atoms with Crippen molar-refractivity contribution in [3.05, 3.63) is 12.3 Å². The van der Waals surface area contributed by atoms with Crippen molar-refractivity contribution < 1.29 is 0 Å². The van der Waals surface area contributed by atoms with Crippen molar-refractivity contribution in [3.8, 4) is 0 Å². The number of nitrogens with zero attached hydrogens (tertiary/aromatic N) is 2. The smallest absolute Gasteiger partial charge is 0.146 e. The molecular formula is C11H21N3. The highest BCUT2D eigenvalue weighted by atomic mass is 15.2. The third kappa shape index (κ3) is 4.80. The van der Waals surface area contributed by atoms with Gasteiger partial charge in [-0.1, -0.05) is 19.9 Å². The Bertz CT molecular complexity index is 201. The lowest BCUT2D eigenvalue weighted by Crippen LogP contribution is -2.33. The summed E-state index contributed by atoms with van der Waals surface area (Å²) in [6, 6.07) is 0. The molecule has 0 saturated heterocycles. The first-order valence-electron chi connectivity index (χ1n) is 5.24. The minimum absolute atomic E-state index is 0.756. The lowest BCUT2D eigenvalue weighted by Gasteiger charge is -2.22. The standard InChI is InChI=1S/C11H21N3/c1-4-7-13-11(10-12)14(8-5-2)9-6-3/h4,7,10,12H,5-6,8-9H2,1-3H3/b7-4-,12-10?,13-11?. The first kappa shape index (κ1) is 12.9. The van der Waals surface area contributed by atoms with Gasteiger partial charge in [-0.3, -0.25) is 0 Å². The Kier molecular flexibility index (Phi) is 7.80. The molecule has 0 amide bonds. The van der Waals surface area contributed by atoms with E-state index in [9.17, 15) is 0 Å². The molecule has 0 aliphatic carbocycles. The van der Waals surface area contributed by atoms with Crippen LogP contribution in [0.25, 0.3) is 0 Å². The summed E-state index contributed by atoms with van der Waals surface area (Å²) in [4.78, 5) is 6.36. The number of hydrogen-bond acceptors (Lipinski definition) is 2. The SMILES string of the molecule is C/C=C\N=C(C=N)N(CCC)CCC. The zero-order valence-electron chi connectivity index (χ0n) is 9.45. The van der Waals surface area contributed by atoms with Crippen LogP contribution in [-0.4, -0.2) is 30.0 Å². The molecule has 0 saturated carbocycles. The van der Waals surface area contributed by atoms with Crippen LogP contribution in [-0.2, 0) is 0 Å². The molecule has 3 nitrogen and oxygen atoms in total. The van der Waals surface area contributed by atoms with E-state index in [4.69, 9.17) is 5.41 Å². The highest BCUT2D eigenvalue weighted by Crippen LogP contribution is 1.96. The van der Waals surface area contributed by atoms with Crippen molar-refractivity contribution in [3.63, 3.8) is 0 Å². The maximum atomic E-state index is 7.29. The minimum Gasteiger partial charge on any atom is -0.355 e. The van der Waals surface area contributed by atoms with E-state index in [2.05, 4.69) is 23.7 Å². The molecule has 0 unspecified atom stereocenters. The van der Waals surface area contributed by atoms with Gasteiger partial charge >= 0.3 is 0 Å². The Hall–Kier alpha value is -1.12. The van der Waals surface area contributed by atoms with E-state index in [1.165, 1.54) is 6.21 Å². The molecule has 0 aliphatic rings. The molecule has 0 atom stereocenters. The molecule has 0 fully saturated rings. The van der Waals surface area contributed by atoms with Crippen molar-refractivity contribution >= 4 is 12.1 Å². The molecule has 0 bridgehead atoms. The fourth-order valence-corrected chi connectivity index (χ4v) is 1.24. The van der Waals surface area contributed by atoms with Gasteiger partial charge in [-0.2, -0.15) is 0 Å². The molecule has 0 radical (unpaired) electrons. The summed E-state index contributed by atoms with van der Waals surface area (Å²) >= 11 is 0. The number of hydrogen-bond donors (Lipinski definition) is 1. The van der Waals surface area contributed by atoms with Gasteiger partial charge in [-0.15, -0.1) is 0 Å². The summed E-state index contributed by atoms with van der Waals surface area (Å²) in [7, 11) is 0. The molecule has 3 heteroatoms. The van der Waals surface area contributed by atoms with Crippen LogP contribution in [0.1, 0.15) is 33.6 Å². The summed E-state index contributed by atoms with van der Waals surface area (Å²) in [6.45, 7) is 8.15. The summed E-state index contributed by atoms with van der Waals surface area (Å²) < 4.78 is 0. The van der Waals surface area contributed by atoms with Crippen LogP contribution < -0.4 is 0 Å². The second-order valence-electron chi connectivity index (χ2n) is 3.10. The normalized spacial score (nSPS) is 12.1. The van der Waals surface area contributed by atoms with Crippen molar-refractivity contribution in [1.29, 1.82) is 5.41 Å². The first-order chi connectivity index (χ1) is 6.79. The zero-order chi connectivity index (χ0) is 10.8. The van der Waals surface area contributed by atoms with Gasteiger partial charge in [-0.05, 0) is 19.8 Å². The van der Waals surface area contributed by atoms with Crippen LogP contribution in [0, 0.1) is 5.41 Å². The molecular weight excluding hydrogens is 174 g/mol. The summed E-state index contributed by atoms with van der Waals surface area (Å²) in [5.74, 6) is 0.756. The summed E-state index contributed by atoms with van der Waals surface area (Å²) in [5.41, 5.74) is 0. The summed E-state index contributed by atoms with van der Waals surface area (Å²) in [5, 5.41) is 7.29. The molecule has 0 aliphatic heterocycles. The van der Waals surface area contributed by atoms with Gasteiger partial charge in [0.15, 0.2) is 0 Å². The second kappa shape index (κ2) is 8.48. The van der Waals surface area contributed by atoms with Crippen LogP contribution in [0.3, 0.4) is 0 Å². The van der Waals surface area contributed by atoms with Crippen molar-refractivity contribution in [2.45, 2.75) is 33.6 Å². The third-order valence-electron chi connectivity index (χ3n) is 1.80. The lowest BCUT2D eigenvalue weighted by molar-refractivity contribution is 0.422. The number of allylic oxidation sites excluding steroid dienone is 1. The molecule has 0 spiro atoms. The fraction of sp³-hybridized carbons (Fsp3) is 0.636. The Morgan fingerprint density at radius 2 is 1.86 bits per heavy atom. The monoisotopic (exact) mass is 195 g/mol. The van der Waals surface area contributed by atoms with Crippen molar-refractivity contribution in [2.75, 3.05) is 13.1 Å². The van der Waals surface area contributed by atoms with Gasteiger partial charge < -0.3 is 10.3 Å². The average molecular weight is 195 g/mol. The summed E-state index contributed by atoms with van der Waals surface area (Å²) in [6.07, 6.45) is 7.11. The molecule has 0 aromatic heterocycles. The second-order valence-corrected chi connectivity index (χ2v) is 3.10. The molecule has 80 valence electrons. The molecule has 1 N–H and O–H groups in total. The maximum Gasteiger partial charge on any atom is 0.146 e. The van der Waals surface area contributed by atoms with Crippen LogP contribution >= 0.6 is 0 Å². The Labute approximate surface area is 87.0 Å². The molecule has 0 aromatic carbocycles. The highest BCUT2D eigenvalue weighted by molar-refractivity contribution is 6.28. The van der Waals surface area contributed by atoms with E-state index in [1.54, 1.807) is 6.20 Å². The largest absolute Gasteiger partial charge is 0.355 e. The highest BCUT2D eigenvalue weighted by Gasteiger charge is 2.05. The molecule has 0 rings (SSSR count). The Balaban J connectivity index is 4.47. The van der Waals surface area contributed by atoms with E-state index in [0.717, 1.165) is 31.8 Å². The third-order valence-corrected chi connectivity index (χ3v) is 1.80. The van der Waals surface area contributed by atoms with Crippen LogP contribution in [0.15, 0.2) is 17.3 Å². The first-order valence-corrected chi connectivity index (χ1v) is 5.24. The lowest BCUT2D eigenvalue weighted by atomic mass is 10.3. The predicted octanol–water partition coefficient (Wildman–Crippen LogP) is 2.69. The van der Waals surface area contributed by atoms with Crippen LogP contribution in [0.5, 0.6) is 0 Å². The predicted molar refractivity (Wildman–Crippen MR) is 63.2 cm³/mol. The van der Waals surface area contributed by atoms with Crippen molar-refractivity contribution in [1.82, 2.24) is 4.90 Å². The average Bonchev–Trinajstić information content (AvgIpc) is 2.19. The van der Waals surface area contributed by atoms with E-state index < -0.39 is 0 Å². The van der Waals surface area contributed by atoms with Gasteiger partial charge in [0.1, 0.15) is 5.84 Å². The topological polar surface area (TPSA) is 39.5 Å². The molecule has 0 heterocycles. The van der Waals surface area contributed by atoms with Gasteiger partial charge in [0.2, 0.25) is 0 Å². The zero-order valence-corrected chi connectivity index (χ0v) is 9.45. The minimum atomic E-state index is 0.756. The van der Waals surface area contributed by atoms with Gasteiger partial charge in [-0.25, -0.2) is 4.99 Å². The van der Waals surface area contributed by atoms with Crippen LogP contribution in [0.4, 0.5) is 0 Å². The fourth-order valence-electron chi connectivity index (χ4n) is 1.24. The Morgan fingerprint density at radius 3 is 2.21 bits per heavy atom. The van der Waals surface area contributed by atoms with Gasteiger partial charge in [0.05, 0.1) is 6.21 Å². The van der Waals surface area contributed by atoms with E-state index in [0.29, 0.717) is 0 Å². The number of rotatable bonds is 6. The quantitative estimate of drug-likeness (QED) is 0.513. The van der Waals surface area contributed by atoms with Crippen molar-refractivity contribution in [2.24, 2.45) is 4.99 Å². The van der Waals surface area contributed by atoms with E-state index >= 15 is 0 Å². The Morgan fingerprint density at radius 1 is 1.29 bits per heavy atom.